The molecule has 5 unspecified atom stereocenters. The van der Waals surface area contributed by atoms with Crippen molar-refractivity contribution in [2.75, 3.05) is 26.7 Å². The summed E-state index contributed by atoms with van der Waals surface area (Å²) in [6.07, 6.45) is 3.54. The van der Waals surface area contributed by atoms with Gasteiger partial charge in [-0.15, -0.1) is 11.3 Å². The van der Waals surface area contributed by atoms with E-state index in [1.165, 1.54) is 23.0 Å². The van der Waals surface area contributed by atoms with Crippen LogP contribution in [0.2, 0.25) is 5.02 Å². The van der Waals surface area contributed by atoms with Crippen molar-refractivity contribution >= 4 is 63.9 Å². The van der Waals surface area contributed by atoms with Crippen molar-refractivity contribution in [1.82, 2.24) is 30.4 Å². The number of alkyl halides is 3. The van der Waals surface area contributed by atoms with Gasteiger partial charge < -0.3 is 35.6 Å². The van der Waals surface area contributed by atoms with Crippen LogP contribution in [0.1, 0.15) is 57.6 Å². The topological polar surface area (TPSA) is 186 Å². The molecule has 19 heteroatoms. The average molecular weight is 819 g/mol. The number of pyridine rings is 1. The third-order valence-electron chi connectivity index (χ3n) is 10.1. The SMILES string of the molecule is CCN(CC(N)=O)C(=O)NC1CCCCC/C=C/C2CC2([C]=O)NC(=O)C2CC(Oc3cc(-c4nc(C(F)(F)F)cs4)nc4c(Cl)c(OC)ccc34)CN2C1=O. The maximum Gasteiger partial charge on any atom is 0.434 e. The first-order valence-corrected chi connectivity index (χ1v) is 19.3. The minimum absolute atomic E-state index is 0.0281. The van der Waals surface area contributed by atoms with E-state index in [1.54, 1.807) is 19.1 Å². The largest absolute Gasteiger partial charge is 0.495 e. The maximum absolute atomic E-state index is 14.5. The van der Waals surface area contributed by atoms with Gasteiger partial charge in [-0.25, -0.2) is 14.8 Å². The number of thiazole rings is 1. The lowest BCUT2D eigenvalue weighted by Gasteiger charge is -2.30. The summed E-state index contributed by atoms with van der Waals surface area (Å²) in [6, 6.07) is 1.65. The zero-order valence-electron chi connectivity index (χ0n) is 30.5. The molecule has 6 rings (SSSR count). The van der Waals surface area contributed by atoms with Crippen molar-refractivity contribution in [2.45, 2.75) is 81.8 Å². The summed E-state index contributed by atoms with van der Waals surface area (Å²) in [5, 5.41) is 6.80. The highest BCUT2D eigenvalue weighted by Gasteiger charge is 2.56. The fourth-order valence-corrected chi connectivity index (χ4v) is 8.09. The number of aromatic nitrogens is 2. The van der Waals surface area contributed by atoms with Crippen LogP contribution in [0, 0.1) is 5.92 Å². The molecule has 2 fully saturated rings. The summed E-state index contributed by atoms with van der Waals surface area (Å²) in [4.78, 5) is 76.5. The number of nitrogens with zero attached hydrogens (tertiary/aromatic N) is 4. The fraction of sp³-hybridized carbons (Fsp3) is 0.486. The van der Waals surface area contributed by atoms with Gasteiger partial charge in [-0.3, -0.25) is 19.2 Å². The number of allylic oxidation sites excluding steroid dienone is 1. The molecule has 5 atom stereocenters. The third kappa shape index (κ3) is 8.70. The van der Waals surface area contributed by atoms with Gasteiger partial charge in [-0.05, 0) is 44.7 Å². The first-order chi connectivity index (χ1) is 26.7. The molecule has 4 N–H and O–H groups in total. The van der Waals surface area contributed by atoms with Crippen molar-refractivity contribution in [3.05, 3.63) is 46.4 Å². The number of rotatable bonds is 9. The second-order valence-corrected chi connectivity index (χ2v) is 15.2. The Balaban J connectivity index is 1.36. The van der Waals surface area contributed by atoms with Gasteiger partial charge in [0.1, 0.15) is 57.5 Å². The molecule has 1 saturated carbocycles. The molecule has 299 valence electrons. The third-order valence-corrected chi connectivity index (χ3v) is 11.3. The number of carbonyl (C=O) groups is 4. The monoisotopic (exact) mass is 818 g/mol. The molecule has 3 aliphatic rings. The maximum atomic E-state index is 14.5. The van der Waals surface area contributed by atoms with Crippen molar-refractivity contribution < 1.29 is 46.6 Å². The quantitative estimate of drug-likeness (QED) is 0.256. The predicted molar refractivity (Wildman–Crippen MR) is 200 cm³/mol. The first-order valence-electron chi connectivity index (χ1n) is 18.1. The van der Waals surface area contributed by atoms with E-state index in [1.807, 2.05) is 18.4 Å². The number of urea groups is 1. The number of benzene rings is 1. The summed E-state index contributed by atoms with van der Waals surface area (Å²) in [6.45, 7) is 1.27. The second kappa shape index (κ2) is 16.6. The van der Waals surface area contributed by atoms with E-state index in [0.717, 1.165) is 36.0 Å². The molecule has 2 aliphatic heterocycles. The average Bonchev–Trinajstić information content (AvgIpc) is 3.45. The van der Waals surface area contributed by atoms with Crippen LogP contribution in [0.4, 0.5) is 18.0 Å². The van der Waals surface area contributed by atoms with Crippen LogP contribution in [0.5, 0.6) is 11.5 Å². The Kier molecular flexibility index (Phi) is 12.1. The number of methoxy groups -OCH3 is 1. The van der Waals surface area contributed by atoms with Gasteiger partial charge in [0.15, 0.2) is 5.69 Å². The molecule has 1 aromatic carbocycles. The summed E-state index contributed by atoms with van der Waals surface area (Å²) >= 11 is 7.38. The van der Waals surface area contributed by atoms with Crippen LogP contribution in [-0.4, -0.2) is 100 Å². The number of ether oxygens (including phenoxy) is 2. The number of nitrogens with one attached hydrogen (secondary N) is 2. The van der Waals surface area contributed by atoms with Crippen LogP contribution in [0.3, 0.4) is 0 Å². The summed E-state index contributed by atoms with van der Waals surface area (Å²) in [5.41, 5.74) is 3.17. The van der Waals surface area contributed by atoms with Gasteiger partial charge >= 0.3 is 12.2 Å². The number of hydrogen-bond acceptors (Lipinski definition) is 10. The Morgan fingerprint density at radius 1 is 1.21 bits per heavy atom. The zero-order valence-corrected chi connectivity index (χ0v) is 32.1. The second-order valence-electron chi connectivity index (χ2n) is 13.9. The molecule has 5 amide bonds. The number of nitrogens with two attached hydrogens (primary N) is 1. The standard InChI is InChI=1S/C37H40ClF3N7O7S/c1-3-47(17-29(42)50)35(53)44-23-10-8-6-4-5-7-9-20-15-36(20,19-49)46-32(51)25-13-21(16-48(25)34(23)52)55-27-14-24(33-45-28(18-56-33)37(39,40)41)43-31-22(27)11-12-26(54-2)30(31)38/h7,9,11-12,14,18,20-21,23,25H,3-6,8,10,13,15-17H2,1-2H3,(H2,42,50)(H,44,53)(H,46,51)/b9-7+. The van der Waals surface area contributed by atoms with Gasteiger partial charge in [0.2, 0.25) is 24.0 Å². The Hall–Kier alpha value is -4.97. The van der Waals surface area contributed by atoms with Gasteiger partial charge in [-0.1, -0.05) is 36.6 Å². The van der Waals surface area contributed by atoms with Gasteiger partial charge in [-0.2, -0.15) is 13.2 Å². The van der Waals surface area contributed by atoms with Crippen LogP contribution in [-0.2, 0) is 25.4 Å². The van der Waals surface area contributed by atoms with E-state index in [4.69, 9.17) is 26.8 Å². The molecule has 0 bridgehead atoms. The lowest BCUT2D eigenvalue weighted by Crippen LogP contribution is -2.57. The molecule has 4 heterocycles. The van der Waals surface area contributed by atoms with E-state index >= 15 is 0 Å². The van der Waals surface area contributed by atoms with Crippen molar-refractivity contribution in [2.24, 2.45) is 11.7 Å². The lowest BCUT2D eigenvalue weighted by atomic mass is 10.0. The van der Waals surface area contributed by atoms with Gasteiger partial charge in [0.05, 0.1) is 19.2 Å². The number of hydrogen-bond donors (Lipinski definition) is 3. The highest BCUT2D eigenvalue weighted by atomic mass is 35.5. The highest BCUT2D eigenvalue weighted by molar-refractivity contribution is 7.13. The van der Waals surface area contributed by atoms with Crippen LogP contribution < -0.4 is 25.8 Å². The van der Waals surface area contributed by atoms with E-state index in [0.29, 0.717) is 18.2 Å². The Labute approximate surface area is 328 Å². The number of amides is 5. The number of fused-ring (bicyclic) bond motifs is 3. The predicted octanol–water partition coefficient (Wildman–Crippen LogP) is 4.78. The number of halogens is 4. The van der Waals surface area contributed by atoms with E-state index < -0.39 is 59.3 Å². The van der Waals surface area contributed by atoms with Gasteiger partial charge in [0.25, 0.3) is 0 Å². The summed E-state index contributed by atoms with van der Waals surface area (Å²) < 4.78 is 52.4. The number of likely N-dealkylation sites (N-methyl/N-ethyl adjacent to an activating group) is 1. The molecule has 1 radical (unpaired) electrons. The van der Waals surface area contributed by atoms with Crippen molar-refractivity contribution in [3.63, 3.8) is 0 Å². The summed E-state index contributed by atoms with van der Waals surface area (Å²) in [7, 11) is 1.39. The molecule has 14 nitrogen and oxygen atoms in total. The lowest BCUT2D eigenvalue weighted by molar-refractivity contribution is -0.140. The number of primary amides is 1. The molecule has 56 heavy (non-hydrogen) atoms. The molecular weight excluding hydrogens is 779 g/mol. The highest BCUT2D eigenvalue weighted by Crippen LogP contribution is 2.44. The molecule has 1 saturated heterocycles. The minimum atomic E-state index is -4.69. The van der Waals surface area contributed by atoms with Gasteiger partial charge in [0, 0.05) is 35.7 Å². The summed E-state index contributed by atoms with van der Waals surface area (Å²) in [5.74, 6) is -1.82. The first kappa shape index (κ1) is 40.7. The molecule has 0 spiro atoms. The zero-order chi connectivity index (χ0) is 40.4. The Morgan fingerprint density at radius 3 is 2.68 bits per heavy atom. The molecule has 3 aromatic rings. The van der Waals surface area contributed by atoms with Crippen molar-refractivity contribution in [3.8, 4) is 22.2 Å². The molecule has 1 aliphatic carbocycles. The molecule has 2 aromatic heterocycles. The smallest absolute Gasteiger partial charge is 0.434 e. The molecular formula is C37H40ClF3N7O7S. The Morgan fingerprint density at radius 2 is 2.00 bits per heavy atom. The van der Waals surface area contributed by atoms with Crippen LogP contribution >= 0.6 is 22.9 Å². The van der Waals surface area contributed by atoms with E-state index in [9.17, 15) is 37.1 Å². The minimum Gasteiger partial charge on any atom is -0.495 e. The van der Waals surface area contributed by atoms with E-state index in [-0.39, 0.29) is 71.1 Å². The van der Waals surface area contributed by atoms with E-state index in [2.05, 4.69) is 20.6 Å². The fourth-order valence-electron chi connectivity index (χ4n) is 7.02. The van der Waals surface area contributed by atoms with Crippen molar-refractivity contribution in [1.29, 1.82) is 0 Å². The normalized spacial score (nSPS) is 24.9. The number of carbonyl (C=O) groups excluding carboxylic acids is 5. The van der Waals surface area contributed by atoms with Crippen LogP contribution in [0.25, 0.3) is 21.6 Å². The van der Waals surface area contributed by atoms with Crippen LogP contribution in [0.15, 0.2) is 35.7 Å². The Bertz CT molecular complexity index is 2050.